The molecule has 0 saturated heterocycles. The maximum absolute atomic E-state index is 12.8. The lowest BCUT2D eigenvalue weighted by atomic mass is 10.1. The average Bonchev–Trinajstić information content (AvgIpc) is 2.62. The summed E-state index contributed by atoms with van der Waals surface area (Å²) in [5.74, 6) is -0.238. The summed E-state index contributed by atoms with van der Waals surface area (Å²) in [6.45, 7) is 4.25. The van der Waals surface area contributed by atoms with E-state index in [9.17, 15) is 9.59 Å². The minimum atomic E-state index is -1.00. The van der Waals surface area contributed by atoms with E-state index in [0.29, 0.717) is 30.0 Å². The predicted octanol–water partition coefficient (Wildman–Crippen LogP) is 4.11. The molecule has 0 aromatic heterocycles. The minimum absolute atomic E-state index is 0.270. The summed E-state index contributed by atoms with van der Waals surface area (Å²) >= 11 is 0. The normalized spacial score (nSPS) is 11.4. The van der Waals surface area contributed by atoms with Gasteiger partial charge in [0.15, 0.2) is 0 Å². The summed E-state index contributed by atoms with van der Waals surface area (Å²) in [6.07, 6.45) is -0.0729. The Bertz CT molecular complexity index is 700. The van der Waals surface area contributed by atoms with Gasteiger partial charge < -0.3 is 14.8 Å². The largest absolute Gasteiger partial charge is 0.492 e. The molecule has 1 unspecified atom stereocenters. The monoisotopic (exact) mass is 341 g/mol. The second-order valence-corrected chi connectivity index (χ2v) is 5.45. The highest BCUT2D eigenvalue weighted by atomic mass is 16.5. The summed E-state index contributed by atoms with van der Waals surface area (Å²) in [5, 5.41) is 2.80. The maximum atomic E-state index is 12.8. The van der Waals surface area contributed by atoms with E-state index < -0.39 is 18.0 Å². The molecule has 0 aliphatic carbocycles. The van der Waals surface area contributed by atoms with Crippen LogP contribution in [-0.4, -0.2) is 18.5 Å². The molecule has 2 aromatic carbocycles. The van der Waals surface area contributed by atoms with E-state index in [-0.39, 0.29) is 6.42 Å². The molecule has 0 radical (unpaired) electrons. The highest BCUT2D eigenvalue weighted by Gasteiger charge is 2.25. The first-order valence-electron chi connectivity index (χ1n) is 8.42. The van der Waals surface area contributed by atoms with Crippen molar-refractivity contribution in [3.8, 4) is 5.75 Å². The van der Waals surface area contributed by atoms with Gasteiger partial charge in [-0.05, 0) is 25.5 Å². The molecule has 5 heteroatoms. The fourth-order valence-corrected chi connectivity index (χ4v) is 2.34. The molecule has 0 heterocycles. The number of carbonyl (C=O) groups excluding carboxylic acids is 2. The van der Waals surface area contributed by atoms with E-state index in [1.54, 1.807) is 42.5 Å². The van der Waals surface area contributed by atoms with Crippen LogP contribution in [0.1, 0.15) is 38.4 Å². The first kappa shape index (κ1) is 18.5. The summed E-state index contributed by atoms with van der Waals surface area (Å²) in [7, 11) is 0. The maximum Gasteiger partial charge on any atom is 0.306 e. The molecule has 1 amide bonds. The Morgan fingerprint density at radius 1 is 1.00 bits per heavy atom. The van der Waals surface area contributed by atoms with E-state index >= 15 is 0 Å². The summed E-state index contributed by atoms with van der Waals surface area (Å²) in [4.78, 5) is 24.7. The number of para-hydroxylation sites is 2. The van der Waals surface area contributed by atoms with Crippen LogP contribution in [0.3, 0.4) is 0 Å². The molecule has 0 spiro atoms. The van der Waals surface area contributed by atoms with Gasteiger partial charge >= 0.3 is 5.97 Å². The molecule has 2 aromatic rings. The van der Waals surface area contributed by atoms with Gasteiger partial charge in [0.25, 0.3) is 5.91 Å². The first-order valence-corrected chi connectivity index (χ1v) is 8.42. The zero-order chi connectivity index (χ0) is 18.1. The number of nitrogens with one attached hydrogen (secondary N) is 1. The van der Waals surface area contributed by atoms with Gasteiger partial charge in [-0.3, -0.25) is 9.59 Å². The number of hydrogen-bond donors (Lipinski definition) is 1. The lowest BCUT2D eigenvalue weighted by Crippen LogP contribution is -2.26. The fraction of sp³-hybridized carbons (Fsp3) is 0.300. The molecule has 132 valence electrons. The summed E-state index contributed by atoms with van der Waals surface area (Å²) < 4.78 is 10.9. The first-order chi connectivity index (χ1) is 12.2. The van der Waals surface area contributed by atoms with Crippen molar-refractivity contribution in [3.63, 3.8) is 0 Å². The van der Waals surface area contributed by atoms with Crippen LogP contribution in [0.25, 0.3) is 0 Å². The molecule has 1 N–H and O–H groups in total. The van der Waals surface area contributed by atoms with Crippen molar-refractivity contribution in [1.29, 1.82) is 0 Å². The molecule has 5 nitrogen and oxygen atoms in total. The number of ether oxygens (including phenoxy) is 2. The third-order valence-corrected chi connectivity index (χ3v) is 3.49. The lowest BCUT2D eigenvalue weighted by molar-refractivity contribution is -0.154. The Labute approximate surface area is 148 Å². The topological polar surface area (TPSA) is 64.6 Å². The van der Waals surface area contributed by atoms with Crippen LogP contribution in [0.5, 0.6) is 5.75 Å². The van der Waals surface area contributed by atoms with E-state index in [4.69, 9.17) is 9.47 Å². The van der Waals surface area contributed by atoms with E-state index in [1.165, 1.54) is 0 Å². The van der Waals surface area contributed by atoms with Crippen molar-refractivity contribution in [3.05, 3.63) is 60.2 Å². The summed E-state index contributed by atoms with van der Waals surface area (Å²) in [6, 6.07) is 16.1. The van der Waals surface area contributed by atoms with Crippen LogP contribution in [-0.2, 0) is 14.3 Å². The van der Waals surface area contributed by atoms with Crippen molar-refractivity contribution >= 4 is 17.6 Å². The number of anilines is 1. The zero-order valence-corrected chi connectivity index (χ0v) is 14.5. The van der Waals surface area contributed by atoms with Gasteiger partial charge in [0.05, 0.1) is 12.3 Å². The van der Waals surface area contributed by atoms with Crippen LogP contribution < -0.4 is 10.1 Å². The second kappa shape index (κ2) is 9.47. The third kappa shape index (κ3) is 5.35. The van der Waals surface area contributed by atoms with E-state index in [1.807, 2.05) is 26.0 Å². The van der Waals surface area contributed by atoms with Gasteiger partial charge in [0.1, 0.15) is 5.75 Å². The SMILES string of the molecule is CCCC(=O)OC(C(=O)Nc1ccccc1OCC)c1ccccc1. The molecule has 0 aliphatic heterocycles. The lowest BCUT2D eigenvalue weighted by Gasteiger charge is -2.19. The fourth-order valence-electron chi connectivity index (χ4n) is 2.34. The number of hydrogen-bond acceptors (Lipinski definition) is 4. The molecular formula is C20H23NO4. The van der Waals surface area contributed by atoms with Crippen molar-refractivity contribution in [2.75, 3.05) is 11.9 Å². The molecule has 1 atom stereocenters. The number of amides is 1. The molecule has 0 fully saturated rings. The summed E-state index contributed by atoms with van der Waals surface area (Å²) in [5.41, 5.74) is 1.17. The standard InChI is InChI=1S/C20H23NO4/c1-3-10-18(22)25-19(15-11-6-5-7-12-15)20(23)21-16-13-8-9-14-17(16)24-4-2/h5-9,11-14,19H,3-4,10H2,1-2H3,(H,21,23). The van der Waals surface area contributed by atoms with Crippen LogP contribution in [0.15, 0.2) is 54.6 Å². The smallest absolute Gasteiger partial charge is 0.306 e. The molecular weight excluding hydrogens is 318 g/mol. The Balaban J connectivity index is 2.22. The van der Waals surface area contributed by atoms with Crippen molar-refractivity contribution in [1.82, 2.24) is 0 Å². The number of benzene rings is 2. The highest BCUT2D eigenvalue weighted by molar-refractivity contribution is 5.97. The quantitative estimate of drug-likeness (QED) is 0.734. The Hall–Kier alpha value is -2.82. The number of carbonyl (C=O) groups is 2. The Morgan fingerprint density at radius 2 is 1.68 bits per heavy atom. The molecule has 0 bridgehead atoms. The van der Waals surface area contributed by atoms with Gasteiger partial charge in [0, 0.05) is 12.0 Å². The van der Waals surface area contributed by atoms with E-state index in [0.717, 1.165) is 0 Å². The predicted molar refractivity (Wildman–Crippen MR) is 96.4 cm³/mol. The second-order valence-electron chi connectivity index (χ2n) is 5.45. The van der Waals surface area contributed by atoms with Crippen molar-refractivity contribution < 1.29 is 19.1 Å². The van der Waals surface area contributed by atoms with Crippen LogP contribution in [0.4, 0.5) is 5.69 Å². The van der Waals surface area contributed by atoms with Gasteiger partial charge in [-0.25, -0.2) is 0 Å². The van der Waals surface area contributed by atoms with Crippen molar-refractivity contribution in [2.24, 2.45) is 0 Å². The zero-order valence-electron chi connectivity index (χ0n) is 14.5. The highest BCUT2D eigenvalue weighted by Crippen LogP contribution is 2.26. The molecule has 2 rings (SSSR count). The minimum Gasteiger partial charge on any atom is -0.492 e. The number of rotatable bonds is 8. The Morgan fingerprint density at radius 3 is 2.36 bits per heavy atom. The van der Waals surface area contributed by atoms with Gasteiger partial charge in [-0.15, -0.1) is 0 Å². The van der Waals surface area contributed by atoms with Crippen LogP contribution in [0.2, 0.25) is 0 Å². The van der Waals surface area contributed by atoms with Gasteiger partial charge in [0.2, 0.25) is 6.10 Å². The molecule has 0 saturated carbocycles. The molecule has 25 heavy (non-hydrogen) atoms. The van der Waals surface area contributed by atoms with E-state index in [2.05, 4.69) is 5.32 Å². The van der Waals surface area contributed by atoms with Crippen molar-refractivity contribution in [2.45, 2.75) is 32.8 Å². The van der Waals surface area contributed by atoms with Gasteiger partial charge in [-0.1, -0.05) is 49.4 Å². The Kier molecular flexibility index (Phi) is 7.01. The average molecular weight is 341 g/mol. The van der Waals surface area contributed by atoms with Crippen LogP contribution in [0, 0.1) is 0 Å². The van der Waals surface area contributed by atoms with Crippen LogP contribution >= 0.6 is 0 Å². The van der Waals surface area contributed by atoms with Gasteiger partial charge in [-0.2, -0.15) is 0 Å². The third-order valence-electron chi connectivity index (χ3n) is 3.49. The number of esters is 1. The molecule has 0 aliphatic rings.